The third kappa shape index (κ3) is 11.2. The van der Waals surface area contributed by atoms with E-state index in [1.54, 1.807) is 0 Å². The SMILES string of the molecule is CC(/C=C(/C)[N-]c1c(C(C)C)cccc1C(C)C)=Nc1c(C(C)C)cccc1C(C)C.CC[B]CC.[Fe]. The van der Waals surface area contributed by atoms with Crippen molar-refractivity contribution in [2.45, 2.75) is 119 Å². The predicted molar refractivity (Wildman–Crippen MR) is 166 cm³/mol. The van der Waals surface area contributed by atoms with E-state index in [1.807, 2.05) is 0 Å². The van der Waals surface area contributed by atoms with Gasteiger partial charge in [0, 0.05) is 22.8 Å². The largest absolute Gasteiger partial charge is 0.661 e. The van der Waals surface area contributed by atoms with Crippen molar-refractivity contribution in [1.82, 2.24) is 0 Å². The van der Waals surface area contributed by atoms with Crippen molar-refractivity contribution >= 4 is 24.4 Å². The molecule has 2 nitrogen and oxygen atoms in total. The summed E-state index contributed by atoms with van der Waals surface area (Å²) in [4.78, 5) is 5.08. The van der Waals surface area contributed by atoms with Crippen molar-refractivity contribution in [1.29, 1.82) is 0 Å². The van der Waals surface area contributed by atoms with E-state index < -0.39 is 0 Å². The molecule has 0 aliphatic carbocycles. The second-order valence-corrected chi connectivity index (χ2v) is 10.9. The molecule has 2 rings (SSSR count). The summed E-state index contributed by atoms with van der Waals surface area (Å²) in [7, 11) is 2.25. The Morgan fingerprint density at radius 2 is 1.11 bits per heavy atom. The van der Waals surface area contributed by atoms with Crippen LogP contribution in [0.2, 0.25) is 12.6 Å². The third-order valence-corrected chi connectivity index (χ3v) is 6.26. The number of hydrogen-bond donors (Lipinski definition) is 0. The van der Waals surface area contributed by atoms with Gasteiger partial charge in [0.05, 0.1) is 5.69 Å². The summed E-state index contributed by atoms with van der Waals surface area (Å²) in [5.74, 6) is 1.75. The normalized spacial score (nSPS) is 12.0. The van der Waals surface area contributed by atoms with Crippen LogP contribution >= 0.6 is 0 Å². The van der Waals surface area contributed by atoms with Crippen LogP contribution in [-0.4, -0.2) is 13.0 Å². The number of para-hydroxylation sites is 2. The smallest absolute Gasteiger partial charge is 0.108 e. The minimum Gasteiger partial charge on any atom is -0.661 e. The zero-order valence-corrected chi connectivity index (χ0v) is 26.7. The van der Waals surface area contributed by atoms with Gasteiger partial charge in [-0.2, -0.15) is 5.70 Å². The van der Waals surface area contributed by atoms with Crippen LogP contribution in [0.1, 0.15) is 129 Å². The molecule has 0 saturated carbocycles. The Kier molecular flexibility index (Phi) is 16.8. The molecule has 4 heteroatoms. The molecule has 0 spiro atoms. The average molecular weight is 542 g/mol. The summed E-state index contributed by atoms with van der Waals surface area (Å²) < 4.78 is 0. The Morgan fingerprint density at radius 3 is 1.43 bits per heavy atom. The van der Waals surface area contributed by atoms with E-state index in [1.165, 1.54) is 34.9 Å². The molecule has 0 bridgehead atoms. The zero-order valence-electron chi connectivity index (χ0n) is 25.6. The van der Waals surface area contributed by atoms with Crippen molar-refractivity contribution in [3.63, 3.8) is 0 Å². The van der Waals surface area contributed by atoms with Gasteiger partial charge >= 0.3 is 0 Å². The van der Waals surface area contributed by atoms with Crippen LogP contribution in [-0.2, 0) is 17.1 Å². The van der Waals surface area contributed by atoms with Crippen LogP contribution in [0.5, 0.6) is 0 Å². The number of aliphatic imine (C=N–C) groups is 1. The predicted octanol–water partition coefficient (Wildman–Crippen LogP) is 11.4. The summed E-state index contributed by atoms with van der Waals surface area (Å²) in [5, 5.41) is 5.08. The maximum atomic E-state index is 5.08. The molecule has 0 saturated heterocycles. The standard InChI is InChI=1S/C29H41N2.C4H10B.Fe/c1-18(2)24-13-11-14-25(19(3)4)28(24)30-22(9)17-23(10)31-29-26(20(5)6)15-12-16-27(29)21(7)8;1-3-5-4-2;/h11-21H,1-10H3;3-4H2,1-2H3;/q-1;;/b22-17-,31-23?;;. The van der Waals surface area contributed by atoms with E-state index in [-0.39, 0.29) is 17.1 Å². The molecule has 37 heavy (non-hydrogen) atoms. The van der Waals surface area contributed by atoms with E-state index in [0.29, 0.717) is 23.7 Å². The molecular weight excluding hydrogens is 491 g/mol. The fraction of sp³-hybridized carbons (Fsp3) is 0.545. The van der Waals surface area contributed by atoms with E-state index in [2.05, 4.69) is 133 Å². The Balaban J connectivity index is 0.00000196. The number of allylic oxidation sites excluding steroid dienone is 2. The molecule has 2 aromatic rings. The Morgan fingerprint density at radius 1 is 0.730 bits per heavy atom. The van der Waals surface area contributed by atoms with Crippen LogP contribution in [0.25, 0.3) is 5.32 Å². The molecule has 0 aliphatic heterocycles. The second kappa shape index (κ2) is 17.7. The van der Waals surface area contributed by atoms with Crippen LogP contribution in [0.15, 0.2) is 53.2 Å². The Bertz CT molecular complexity index is 949. The molecule has 1 radical (unpaired) electrons. The molecule has 0 unspecified atom stereocenters. The van der Waals surface area contributed by atoms with E-state index in [9.17, 15) is 0 Å². The summed E-state index contributed by atoms with van der Waals surface area (Å²) in [6.07, 6.45) is 4.55. The molecule has 0 aromatic heterocycles. The van der Waals surface area contributed by atoms with Crippen LogP contribution in [0.4, 0.5) is 11.4 Å². The first-order valence-electron chi connectivity index (χ1n) is 14.0. The van der Waals surface area contributed by atoms with Gasteiger partial charge in [-0.25, -0.2) is 0 Å². The van der Waals surface area contributed by atoms with Crippen LogP contribution in [0.3, 0.4) is 0 Å². The van der Waals surface area contributed by atoms with Crippen molar-refractivity contribution in [3.05, 3.63) is 75.7 Å². The summed E-state index contributed by atoms with van der Waals surface area (Å²) in [6, 6.07) is 13.1. The quantitative estimate of drug-likeness (QED) is 0.211. The molecule has 0 atom stereocenters. The Labute approximate surface area is 240 Å². The number of rotatable bonds is 10. The fourth-order valence-electron chi connectivity index (χ4n) is 4.29. The fourth-order valence-corrected chi connectivity index (χ4v) is 4.29. The van der Waals surface area contributed by atoms with Gasteiger partial charge in [-0.3, -0.25) is 4.99 Å². The van der Waals surface area contributed by atoms with Crippen molar-refractivity contribution < 1.29 is 17.1 Å². The van der Waals surface area contributed by atoms with E-state index in [4.69, 9.17) is 10.3 Å². The molecule has 2 aromatic carbocycles. The molecule has 0 heterocycles. The number of benzene rings is 2. The first kappa shape index (κ1) is 35.2. The maximum Gasteiger partial charge on any atom is 0.108 e. The topological polar surface area (TPSA) is 26.5 Å². The molecule has 0 fully saturated rings. The summed E-state index contributed by atoms with van der Waals surface area (Å²) >= 11 is 0. The van der Waals surface area contributed by atoms with Crippen molar-refractivity contribution in [3.8, 4) is 0 Å². The maximum absolute atomic E-state index is 5.08. The van der Waals surface area contributed by atoms with Gasteiger partial charge in [0.15, 0.2) is 0 Å². The van der Waals surface area contributed by atoms with E-state index >= 15 is 0 Å². The summed E-state index contributed by atoms with van der Waals surface area (Å²) in [5.41, 5.74) is 9.45. The van der Waals surface area contributed by atoms with Gasteiger partial charge in [-0.05, 0) is 41.7 Å². The van der Waals surface area contributed by atoms with Gasteiger partial charge in [0.25, 0.3) is 0 Å². The first-order chi connectivity index (χ1) is 16.9. The first-order valence-corrected chi connectivity index (χ1v) is 14.0. The van der Waals surface area contributed by atoms with Gasteiger partial charge in [0.1, 0.15) is 7.28 Å². The molecule has 0 amide bonds. The van der Waals surface area contributed by atoms with Gasteiger partial charge in [-0.15, -0.1) is 5.69 Å². The Hall–Kier alpha value is -1.77. The monoisotopic (exact) mass is 542 g/mol. The average Bonchev–Trinajstić information content (AvgIpc) is 2.79. The molecule has 0 aliphatic rings. The zero-order chi connectivity index (χ0) is 27.4. The second-order valence-electron chi connectivity index (χ2n) is 10.9. The minimum absolute atomic E-state index is 0. The van der Waals surface area contributed by atoms with Gasteiger partial charge in [-0.1, -0.05) is 142 Å². The van der Waals surface area contributed by atoms with E-state index in [0.717, 1.165) is 22.8 Å². The van der Waals surface area contributed by atoms with Gasteiger partial charge < -0.3 is 5.32 Å². The molecular formula is C33H51BFeN2-. The number of nitrogens with zero attached hydrogens (tertiary/aromatic N) is 2. The molecule has 0 N–H and O–H groups in total. The van der Waals surface area contributed by atoms with Crippen LogP contribution < -0.4 is 0 Å². The number of hydrogen-bond acceptors (Lipinski definition) is 1. The minimum atomic E-state index is 0. The summed E-state index contributed by atoms with van der Waals surface area (Å²) in [6.45, 7) is 26.4. The van der Waals surface area contributed by atoms with Crippen LogP contribution in [0, 0.1) is 0 Å². The third-order valence-electron chi connectivity index (χ3n) is 6.26. The van der Waals surface area contributed by atoms with Crippen molar-refractivity contribution in [2.75, 3.05) is 0 Å². The van der Waals surface area contributed by atoms with Crippen molar-refractivity contribution in [2.24, 2.45) is 4.99 Å². The van der Waals surface area contributed by atoms with Gasteiger partial charge in [0.2, 0.25) is 0 Å². The molecule has 205 valence electrons.